The zero-order valence-corrected chi connectivity index (χ0v) is 16.3. The van der Waals surface area contributed by atoms with Crippen LogP contribution in [0.4, 0.5) is 10.1 Å². The van der Waals surface area contributed by atoms with E-state index in [1.54, 1.807) is 22.7 Å². The molecule has 29 heavy (non-hydrogen) atoms. The predicted octanol–water partition coefficient (Wildman–Crippen LogP) is 5.32. The Morgan fingerprint density at radius 1 is 1.00 bits per heavy atom. The van der Waals surface area contributed by atoms with Crippen molar-refractivity contribution in [1.82, 2.24) is 0 Å². The normalized spacial score (nSPS) is 17.8. The molecule has 4 nitrogen and oxygen atoms in total. The molecule has 6 heteroatoms. The van der Waals surface area contributed by atoms with Crippen LogP contribution < -0.4 is 14.4 Å². The molecule has 0 N–H and O–H groups in total. The van der Waals surface area contributed by atoms with Gasteiger partial charge >= 0.3 is 0 Å². The van der Waals surface area contributed by atoms with Gasteiger partial charge in [0.1, 0.15) is 5.82 Å². The third-order valence-electron chi connectivity index (χ3n) is 5.08. The molecule has 1 unspecified atom stereocenters. The van der Waals surface area contributed by atoms with Crippen molar-refractivity contribution in [3.8, 4) is 11.5 Å². The van der Waals surface area contributed by atoms with E-state index in [1.807, 2.05) is 48.5 Å². The van der Waals surface area contributed by atoms with Crippen molar-refractivity contribution in [3.63, 3.8) is 0 Å². The zero-order chi connectivity index (χ0) is 19.8. The number of amides is 1. The Labute approximate surface area is 172 Å². The molecule has 2 aliphatic rings. The van der Waals surface area contributed by atoms with Crippen LogP contribution in [-0.4, -0.2) is 12.7 Å². The minimum atomic E-state index is -0.300. The zero-order valence-electron chi connectivity index (χ0n) is 15.5. The third kappa shape index (κ3) is 3.56. The van der Waals surface area contributed by atoms with E-state index in [0.717, 1.165) is 27.5 Å². The molecule has 0 saturated carbocycles. The lowest BCUT2D eigenvalue weighted by Gasteiger charge is -2.23. The van der Waals surface area contributed by atoms with Crippen molar-refractivity contribution in [2.24, 2.45) is 0 Å². The number of nitrogens with zero attached hydrogens (tertiary/aromatic N) is 1. The lowest BCUT2D eigenvalue weighted by Crippen LogP contribution is -2.30. The number of anilines is 1. The average molecular weight is 407 g/mol. The highest BCUT2D eigenvalue weighted by Gasteiger charge is 2.30. The lowest BCUT2D eigenvalue weighted by molar-refractivity contribution is -0.118. The van der Waals surface area contributed by atoms with Gasteiger partial charge in [0, 0.05) is 16.6 Å². The highest BCUT2D eigenvalue weighted by molar-refractivity contribution is 7.99. The van der Waals surface area contributed by atoms with Gasteiger partial charge in [-0.05, 0) is 47.5 Å². The molecule has 5 rings (SSSR count). The quantitative estimate of drug-likeness (QED) is 0.589. The number of carbonyl (C=O) groups excluding carboxylic acids is 1. The Morgan fingerprint density at radius 3 is 2.76 bits per heavy atom. The Balaban J connectivity index is 1.49. The molecule has 2 heterocycles. The maximum absolute atomic E-state index is 13.7. The van der Waals surface area contributed by atoms with Gasteiger partial charge in [-0.3, -0.25) is 4.79 Å². The third-order valence-corrected chi connectivity index (χ3v) is 6.41. The first kappa shape index (κ1) is 18.1. The van der Waals surface area contributed by atoms with Crippen LogP contribution in [0.5, 0.6) is 11.5 Å². The molecule has 1 amide bonds. The van der Waals surface area contributed by atoms with Crippen LogP contribution in [0.3, 0.4) is 0 Å². The smallest absolute Gasteiger partial charge is 0.231 e. The summed E-state index contributed by atoms with van der Waals surface area (Å²) < 4.78 is 24.6. The summed E-state index contributed by atoms with van der Waals surface area (Å²) in [6.07, 6.45) is 0.342. The molecule has 3 aromatic rings. The topological polar surface area (TPSA) is 38.8 Å². The molecule has 2 aliphatic heterocycles. The first-order valence-electron chi connectivity index (χ1n) is 9.37. The lowest BCUT2D eigenvalue weighted by atomic mass is 10.1. The van der Waals surface area contributed by atoms with Gasteiger partial charge < -0.3 is 14.4 Å². The van der Waals surface area contributed by atoms with E-state index in [0.29, 0.717) is 18.7 Å². The van der Waals surface area contributed by atoms with E-state index < -0.39 is 0 Å². The monoisotopic (exact) mass is 407 g/mol. The number of carbonyl (C=O) groups is 1. The summed E-state index contributed by atoms with van der Waals surface area (Å²) in [6.45, 7) is 0.557. The molecule has 0 aliphatic carbocycles. The fourth-order valence-corrected chi connectivity index (χ4v) is 4.94. The number of hydrogen-bond donors (Lipinski definition) is 0. The molecule has 0 fully saturated rings. The summed E-state index contributed by atoms with van der Waals surface area (Å²) in [6, 6.07) is 20.1. The van der Waals surface area contributed by atoms with Gasteiger partial charge in [-0.1, -0.05) is 30.3 Å². The second kappa shape index (κ2) is 7.44. The number of benzene rings is 3. The van der Waals surface area contributed by atoms with Crippen LogP contribution in [0.2, 0.25) is 0 Å². The Kier molecular flexibility index (Phi) is 4.64. The number of hydrogen-bond acceptors (Lipinski definition) is 4. The second-order valence-corrected chi connectivity index (χ2v) is 8.25. The summed E-state index contributed by atoms with van der Waals surface area (Å²) in [4.78, 5) is 16.0. The minimum absolute atomic E-state index is 0.00868. The van der Waals surface area contributed by atoms with E-state index in [9.17, 15) is 9.18 Å². The van der Waals surface area contributed by atoms with Crippen LogP contribution in [0, 0.1) is 5.82 Å². The van der Waals surface area contributed by atoms with Crippen molar-refractivity contribution in [3.05, 3.63) is 83.7 Å². The number of ether oxygens (including phenoxy) is 2. The number of rotatable bonds is 3. The van der Waals surface area contributed by atoms with E-state index in [-0.39, 0.29) is 23.8 Å². The first-order chi connectivity index (χ1) is 14.2. The molecule has 0 radical (unpaired) electrons. The number of fused-ring (bicyclic) bond motifs is 2. The molecule has 1 atom stereocenters. The van der Waals surface area contributed by atoms with Crippen molar-refractivity contribution in [1.29, 1.82) is 0 Å². The van der Waals surface area contributed by atoms with Crippen LogP contribution in [0.15, 0.2) is 71.6 Å². The van der Waals surface area contributed by atoms with Gasteiger partial charge in [-0.15, -0.1) is 11.8 Å². The molecule has 146 valence electrons. The minimum Gasteiger partial charge on any atom is -0.454 e. The molecule has 0 spiro atoms. The Morgan fingerprint density at radius 2 is 1.86 bits per heavy atom. The number of para-hydroxylation sites is 1. The average Bonchev–Trinajstić information content (AvgIpc) is 3.15. The summed E-state index contributed by atoms with van der Waals surface area (Å²) in [5, 5.41) is -0.0457. The second-order valence-electron chi connectivity index (χ2n) is 7.00. The van der Waals surface area contributed by atoms with E-state index >= 15 is 0 Å². The molecule has 0 aromatic heterocycles. The molecular weight excluding hydrogens is 389 g/mol. The maximum Gasteiger partial charge on any atom is 0.231 e. The molecular formula is C23H18FNO3S. The van der Waals surface area contributed by atoms with E-state index in [1.165, 1.54) is 12.1 Å². The molecule has 0 bridgehead atoms. The fraction of sp³-hybridized carbons (Fsp3) is 0.174. The van der Waals surface area contributed by atoms with Crippen LogP contribution in [0.1, 0.15) is 22.8 Å². The summed E-state index contributed by atoms with van der Waals surface area (Å²) in [5.41, 5.74) is 2.64. The largest absolute Gasteiger partial charge is 0.454 e. The summed E-state index contributed by atoms with van der Waals surface area (Å²) in [7, 11) is 0. The standard InChI is InChI=1S/C23H18FNO3S/c24-17-5-3-4-15(10-17)13-25-18-6-1-2-7-21(18)29-22(12-23(25)26)16-8-9-19-20(11-16)28-14-27-19/h1-11,22H,12-14H2. The molecule has 3 aromatic carbocycles. The predicted molar refractivity (Wildman–Crippen MR) is 110 cm³/mol. The molecule has 0 saturated heterocycles. The van der Waals surface area contributed by atoms with Gasteiger partial charge in [0.2, 0.25) is 12.7 Å². The SMILES string of the molecule is O=C1CC(c2ccc3c(c2)OCO3)Sc2ccccc2N1Cc1cccc(F)c1. The summed E-state index contributed by atoms with van der Waals surface area (Å²) >= 11 is 1.66. The first-order valence-corrected chi connectivity index (χ1v) is 10.3. The van der Waals surface area contributed by atoms with Gasteiger partial charge in [-0.25, -0.2) is 4.39 Å². The van der Waals surface area contributed by atoms with Crippen molar-refractivity contribution in [2.75, 3.05) is 11.7 Å². The Bertz CT molecular complexity index is 1090. The van der Waals surface area contributed by atoms with Crippen LogP contribution >= 0.6 is 11.8 Å². The number of halogens is 1. The Hall–Kier alpha value is -2.99. The summed E-state index contributed by atoms with van der Waals surface area (Å²) in [5.74, 6) is 1.15. The van der Waals surface area contributed by atoms with Crippen molar-refractivity contribution >= 4 is 23.4 Å². The maximum atomic E-state index is 13.7. The van der Waals surface area contributed by atoms with E-state index in [4.69, 9.17) is 9.47 Å². The van der Waals surface area contributed by atoms with Crippen LogP contribution in [-0.2, 0) is 11.3 Å². The van der Waals surface area contributed by atoms with Gasteiger partial charge in [0.05, 0.1) is 12.2 Å². The van der Waals surface area contributed by atoms with Crippen molar-refractivity contribution in [2.45, 2.75) is 23.1 Å². The van der Waals surface area contributed by atoms with Crippen LogP contribution in [0.25, 0.3) is 0 Å². The van der Waals surface area contributed by atoms with E-state index in [2.05, 4.69) is 0 Å². The van der Waals surface area contributed by atoms with Gasteiger partial charge in [-0.2, -0.15) is 0 Å². The highest BCUT2D eigenvalue weighted by Crippen LogP contribution is 2.47. The number of thioether (sulfide) groups is 1. The van der Waals surface area contributed by atoms with Gasteiger partial charge in [0.25, 0.3) is 0 Å². The highest BCUT2D eigenvalue weighted by atomic mass is 32.2. The fourth-order valence-electron chi connectivity index (χ4n) is 3.67. The van der Waals surface area contributed by atoms with Gasteiger partial charge in [0.15, 0.2) is 11.5 Å². The van der Waals surface area contributed by atoms with Crippen molar-refractivity contribution < 1.29 is 18.7 Å².